The molecule has 0 aliphatic heterocycles. The molecule has 50 heavy (non-hydrogen) atoms. The van der Waals surface area contributed by atoms with Crippen LogP contribution in [0.1, 0.15) is 58.2 Å². The summed E-state index contributed by atoms with van der Waals surface area (Å²) in [4.78, 5) is 9.68. The first-order valence-electron chi connectivity index (χ1n) is 16.6. The van der Waals surface area contributed by atoms with Crippen LogP contribution in [0.5, 0.6) is 5.75 Å². The molecule has 0 aliphatic rings. The number of nitrogens with zero attached hydrogens (tertiary/aromatic N) is 3. The summed E-state index contributed by atoms with van der Waals surface area (Å²) in [6.07, 6.45) is -2.93. The van der Waals surface area contributed by atoms with Crippen molar-refractivity contribution in [2.45, 2.75) is 58.5 Å². The molecule has 252 valence electrons. The second kappa shape index (κ2) is 11.9. The van der Waals surface area contributed by atoms with Crippen LogP contribution in [0.2, 0.25) is 0 Å². The lowest BCUT2D eigenvalue weighted by Crippen LogP contribution is -2.11. The van der Waals surface area contributed by atoms with Crippen LogP contribution in [0.15, 0.2) is 115 Å². The highest BCUT2D eigenvalue weighted by Crippen LogP contribution is 2.42. The quantitative estimate of drug-likeness (QED) is 0.203. The number of pyridine rings is 1. The molecule has 7 rings (SSSR count). The Kier molecular flexibility index (Phi) is 7.85. The van der Waals surface area contributed by atoms with Gasteiger partial charge in [-0.2, -0.15) is 13.2 Å². The smallest absolute Gasteiger partial charge is 0.416 e. The van der Waals surface area contributed by atoms with E-state index >= 15 is 0 Å². The minimum atomic E-state index is -4.60. The van der Waals surface area contributed by atoms with E-state index in [-0.39, 0.29) is 16.6 Å². The van der Waals surface area contributed by atoms with Crippen molar-refractivity contribution in [1.29, 1.82) is 0 Å². The Hall–Kier alpha value is -5.43. The number of aromatic nitrogens is 3. The van der Waals surface area contributed by atoms with Crippen LogP contribution in [-0.4, -0.2) is 19.6 Å². The number of halogens is 3. The maximum atomic E-state index is 14.7. The van der Waals surface area contributed by atoms with Gasteiger partial charge in [0.05, 0.1) is 27.7 Å². The molecule has 0 aliphatic carbocycles. The van der Waals surface area contributed by atoms with Crippen molar-refractivity contribution in [3.63, 3.8) is 0 Å². The number of fused-ring (bicyclic) bond motifs is 2. The van der Waals surface area contributed by atoms with Crippen molar-refractivity contribution in [3.8, 4) is 45.1 Å². The van der Waals surface area contributed by atoms with Crippen LogP contribution in [-0.2, 0) is 17.0 Å². The lowest BCUT2D eigenvalue weighted by molar-refractivity contribution is -0.137. The van der Waals surface area contributed by atoms with Gasteiger partial charge in [0.1, 0.15) is 11.6 Å². The monoisotopic (exact) mass is 669 g/mol. The number of hydrogen-bond donors (Lipinski definition) is 1. The van der Waals surface area contributed by atoms with E-state index in [9.17, 15) is 18.3 Å². The molecule has 0 saturated heterocycles. The van der Waals surface area contributed by atoms with Crippen molar-refractivity contribution >= 4 is 21.9 Å². The normalized spacial score (nSPS) is 12.6. The van der Waals surface area contributed by atoms with Gasteiger partial charge in [-0.3, -0.25) is 9.55 Å². The minimum Gasteiger partial charge on any atom is -0.507 e. The number of benzene rings is 5. The molecule has 1 N–H and O–H groups in total. The Balaban J connectivity index is 1.51. The largest absolute Gasteiger partial charge is 0.507 e. The zero-order valence-corrected chi connectivity index (χ0v) is 28.9. The fourth-order valence-electron chi connectivity index (χ4n) is 6.50. The summed E-state index contributed by atoms with van der Waals surface area (Å²) < 4.78 is 46.0. The number of alkyl halides is 3. The molecule has 0 saturated carbocycles. The van der Waals surface area contributed by atoms with Gasteiger partial charge in [0.25, 0.3) is 0 Å². The summed E-state index contributed by atoms with van der Waals surface area (Å²) in [5.74, 6) is 0.533. The van der Waals surface area contributed by atoms with Gasteiger partial charge in [-0.1, -0.05) is 84.0 Å². The van der Waals surface area contributed by atoms with Gasteiger partial charge in [0.15, 0.2) is 0 Å². The first kappa shape index (κ1) is 33.1. The Bertz CT molecular complexity index is 2390. The molecule has 0 amide bonds. The van der Waals surface area contributed by atoms with Crippen molar-refractivity contribution in [2.75, 3.05) is 0 Å². The Morgan fingerprint density at radius 2 is 1.24 bits per heavy atom. The lowest BCUT2D eigenvalue weighted by atomic mass is 9.83. The number of phenolic OH excluding ortho intramolecular Hbond substituents is 1. The second-order valence-corrected chi connectivity index (χ2v) is 14.9. The van der Waals surface area contributed by atoms with Gasteiger partial charge in [0.2, 0.25) is 0 Å². The highest BCUT2D eigenvalue weighted by molar-refractivity contribution is 5.99. The third kappa shape index (κ3) is 6.02. The summed E-state index contributed by atoms with van der Waals surface area (Å²) in [5, 5.41) is 11.8. The van der Waals surface area contributed by atoms with E-state index in [2.05, 4.69) is 64.7 Å². The number of phenols is 1. The second-order valence-electron chi connectivity index (χ2n) is 14.9. The number of imidazole rings is 1. The molecule has 0 atom stereocenters. The fourth-order valence-corrected chi connectivity index (χ4v) is 6.50. The average Bonchev–Trinajstić information content (AvgIpc) is 3.46. The predicted octanol–water partition coefficient (Wildman–Crippen LogP) is 11.9. The van der Waals surface area contributed by atoms with Gasteiger partial charge in [-0.15, -0.1) is 0 Å². The number of rotatable bonds is 4. The molecular formula is C43H38F3N3O. The minimum absolute atomic E-state index is 0.0522. The molecule has 0 radical (unpaired) electrons. The third-order valence-corrected chi connectivity index (χ3v) is 9.27. The summed E-state index contributed by atoms with van der Waals surface area (Å²) in [6.45, 7) is 12.7. The van der Waals surface area contributed by atoms with E-state index in [4.69, 9.17) is 4.98 Å². The SMILES string of the molecule is CC(C)(C)c1ccc(-n2c(-c3ccccc3O)nc3c(-c4cc(-c5cc(C(C)(C)C)cc6cccnc56)cc(C(F)(F)F)c4)cccc32)cc1. The van der Waals surface area contributed by atoms with E-state index in [0.29, 0.717) is 50.2 Å². The molecule has 7 heteroatoms. The topological polar surface area (TPSA) is 50.9 Å². The van der Waals surface area contributed by atoms with Crippen LogP contribution in [0.4, 0.5) is 13.2 Å². The van der Waals surface area contributed by atoms with Gasteiger partial charge >= 0.3 is 6.18 Å². The fraction of sp³-hybridized carbons (Fsp3) is 0.209. The third-order valence-electron chi connectivity index (χ3n) is 9.27. The predicted molar refractivity (Wildman–Crippen MR) is 197 cm³/mol. The summed E-state index contributed by atoms with van der Waals surface area (Å²) >= 11 is 0. The summed E-state index contributed by atoms with van der Waals surface area (Å²) in [7, 11) is 0. The van der Waals surface area contributed by atoms with Gasteiger partial charge in [0, 0.05) is 28.4 Å². The maximum Gasteiger partial charge on any atom is 0.416 e. The lowest BCUT2D eigenvalue weighted by Gasteiger charge is -2.22. The van der Waals surface area contributed by atoms with Gasteiger partial charge < -0.3 is 5.11 Å². The molecule has 5 aromatic carbocycles. The maximum absolute atomic E-state index is 14.7. The summed E-state index contributed by atoms with van der Waals surface area (Å²) in [5.41, 5.74) is 6.24. The molecule has 0 bridgehead atoms. The molecule has 2 heterocycles. The van der Waals surface area contributed by atoms with Crippen LogP contribution in [0.25, 0.3) is 61.3 Å². The van der Waals surface area contributed by atoms with E-state index in [1.54, 1.807) is 36.5 Å². The molecule has 4 nitrogen and oxygen atoms in total. The van der Waals surface area contributed by atoms with Crippen LogP contribution in [0.3, 0.4) is 0 Å². The molecular weight excluding hydrogens is 631 g/mol. The highest BCUT2D eigenvalue weighted by Gasteiger charge is 2.32. The first-order valence-corrected chi connectivity index (χ1v) is 16.6. The molecule has 0 spiro atoms. The van der Waals surface area contributed by atoms with Crippen molar-refractivity contribution < 1.29 is 18.3 Å². The number of para-hydroxylation sites is 2. The van der Waals surface area contributed by atoms with Crippen LogP contribution in [0, 0.1) is 0 Å². The zero-order chi connectivity index (χ0) is 35.6. The number of aromatic hydroxyl groups is 1. The van der Waals surface area contributed by atoms with E-state index in [1.807, 2.05) is 53.1 Å². The van der Waals surface area contributed by atoms with E-state index < -0.39 is 11.7 Å². The molecule has 2 aromatic heterocycles. The molecule has 0 unspecified atom stereocenters. The standard InChI is InChI=1S/C43H38F3N3O/c1-41(2,3)29-16-18-32(19-17-29)49-36-14-9-13-33(39(36)48-40(49)34-12-7-8-15-37(34)50)27-21-28(24-31(23-27)43(44,45)46)35-25-30(42(4,5)6)22-26-11-10-20-47-38(26)35/h7-25,50H,1-6H3. The van der Waals surface area contributed by atoms with E-state index in [1.165, 1.54) is 12.1 Å². The van der Waals surface area contributed by atoms with E-state index in [0.717, 1.165) is 22.2 Å². The van der Waals surface area contributed by atoms with Crippen molar-refractivity contribution in [2.24, 2.45) is 0 Å². The van der Waals surface area contributed by atoms with Crippen LogP contribution >= 0.6 is 0 Å². The van der Waals surface area contributed by atoms with Crippen LogP contribution < -0.4 is 0 Å². The van der Waals surface area contributed by atoms with Crippen molar-refractivity contribution in [3.05, 3.63) is 132 Å². The van der Waals surface area contributed by atoms with Crippen molar-refractivity contribution in [1.82, 2.24) is 14.5 Å². The number of hydrogen-bond acceptors (Lipinski definition) is 3. The Morgan fingerprint density at radius 1 is 0.580 bits per heavy atom. The molecule has 7 aromatic rings. The van der Waals surface area contributed by atoms with Gasteiger partial charge in [-0.25, -0.2) is 4.98 Å². The highest BCUT2D eigenvalue weighted by atomic mass is 19.4. The average molecular weight is 670 g/mol. The Morgan fingerprint density at radius 3 is 1.90 bits per heavy atom. The molecule has 0 fully saturated rings. The van der Waals surface area contributed by atoms with Gasteiger partial charge in [-0.05, 0) is 99.8 Å². The zero-order valence-electron chi connectivity index (χ0n) is 28.9. The Labute approximate surface area is 289 Å². The first-order chi connectivity index (χ1) is 23.6. The summed E-state index contributed by atoms with van der Waals surface area (Å²) in [6, 6.07) is 32.7.